The highest BCUT2D eigenvalue weighted by atomic mass is 19.4. The van der Waals surface area contributed by atoms with Gasteiger partial charge in [0.05, 0.1) is 13.1 Å². The third-order valence-electron chi connectivity index (χ3n) is 2.50. The lowest BCUT2D eigenvalue weighted by Crippen LogP contribution is -2.34. The molecule has 1 saturated heterocycles. The third-order valence-corrected chi connectivity index (χ3v) is 2.50. The number of nitrogens with one attached hydrogen (secondary N) is 1. The van der Waals surface area contributed by atoms with Crippen molar-refractivity contribution >= 4 is 0 Å². The molecular formula is C9H15F5N2. The molecule has 0 aliphatic carbocycles. The highest BCUT2D eigenvalue weighted by Crippen LogP contribution is 2.26. The van der Waals surface area contributed by atoms with E-state index in [9.17, 15) is 22.0 Å². The summed E-state index contributed by atoms with van der Waals surface area (Å²) >= 11 is 0. The first-order valence-electron chi connectivity index (χ1n) is 5.04. The summed E-state index contributed by atoms with van der Waals surface area (Å²) in [7, 11) is 1.33. The number of alkyl halides is 5. The second kappa shape index (κ2) is 4.83. The summed E-state index contributed by atoms with van der Waals surface area (Å²) in [5.74, 6) is -2.72. The van der Waals surface area contributed by atoms with E-state index in [1.54, 1.807) is 0 Å². The van der Waals surface area contributed by atoms with E-state index in [0.717, 1.165) is 4.90 Å². The minimum absolute atomic E-state index is 0.160. The van der Waals surface area contributed by atoms with Gasteiger partial charge in [0.15, 0.2) is 0 Å². The van der Waals surface area contributed by atoms with Crippen molar-refractivity contribution in [2.45, 2.75) is 31.0 Å². The van der Waals surface area contributed by atoms with Crippen LogP contribution in [0.2, 0.25) is 0 Å². The molecule has 0 spiro atoms. The molecule has 0 saturated carbocycles. The van der Waals surface area contributed by atoms with Crippen molar-refractivity contribution in [3.63, 3.8) is 0 Å². The van der Waals surface area contributed by atoms with Gasteiger partial charge < -0.3 is 5.32 Å². The standard InChI is InChI=1S/C9H15F5N2/c1-16(6-9(12,13)14)3-2-7-4-8(10,11)5-15-7/h7,15H,2-6H2,1H3. The van der Waals surface area contributed by atoms with Gasteiger partial charge in [-0.25, -0.2) is 8.78 Å². The van der Waals surface area contributed by atoms with Gasteiger partial charge in [-0.15, -0.1) is 0 Å². The predicted molar refractivity (Wildman–Crippen MR) is 49.5 cm³/mol. The summed E-state index contributed by atoms with van der Waals surface area (Å²) in [5, 5.41) is 2.61. The second-order valence-corrected chi connectivity index (χ2v) is 4.28. The van der Waals surface area contributed by atoms with Crippen molar-refractivity contribution < 1.29 is 22.0 Å². The van der Waals surface area contributed by atoms with E-state index in [4.69, 9.17) is 0 Å². The molecule has 0 aromatic rings. The quantitative estimate of drug-likeness (QED) is 0.762. The molecule has 1 fully saturated rings. The van der Waals surface area contributed by atoms with E-state index in [2.05, 4.69) is 5.32 Å². The largest absolute Gasteiger partial charge is 0.401 e. The van der Waals surface area contributed by atoms with Gasteiger partial charge in [-0.3, -0.25) is 4.90 Å². The Balaban J connectivity index is 2.20. The van der Waals surface area contributed by atoms with Gasteiger partial charge in [0.2, 0.25) is 0 Å². The van der Waals surface area contributed by atoms with Gasteiger partial charge in [-0.1, -0.05) is 0 Å². The molecule has 96 valence electrons. The van der Waals surface area contributed by atoms with Crippen LogP contribution in [0.4, 0.5) is 22.0 Å². The normalized spacial score (nSPS) is 25.3. The van der Waals surface area contributed by atoms with Crippen LogP contribution >= 0.6 is 0 Å². The van der Waals surface area contributed by atoms with Crippen LogP contribution in [0.25, 0.3) is 0 Å². The van der Waals surface area contributed by atoms with Crippen LogP contribution in [0, 0.1) is 0 Å². The first-order valence-corrected chi connectivity index (χ1v) is 5.04. The molecule has 1 atom stereocenters. The molecule has 0 bridgehead atoms. The van der Waals surface area contributed by atoms with Gasteiger partial charge in [-0.2, -0.15) is 13.2 Å². The average molecular weight is 246 g/mol. The monoisotopic (exact) mass is 246 g/mol. The lowest BCUT2D eigenvalue weighted by Gasteiger charge is -2.20. The Morgan fingerprint density at radius 1 is 1.38 bits per heavy atom. The summed E-state index contributed by atoms with van der Waals surface area (Å²) in [6.07, 6.45) is -4.21. The topological polar surface area (TPSA) is 15.3 Å². The van der Waals surface area contributed by atoms with Gasteiger partial charge in [-0.05, 0) is 20.0 Å². The second-order valence-electron chi connectivity index (χ2n) is 4.28. The summed E-state index contributed by atoms with van der Waals surface area (Å²) in [5.41, 5.74) is 0. The van der Waals surface area contributed by atoms with Crippen molar-refractivity contribution in [3.8, 4) is 0 Å². The molecule has 1 N–H and O–H groups in total. The summed E-state index contributed by atoms with van der Waals surface area (Å²) < 4.78 is 61.3. The van der Waals surface area contributed by atoms with E-state index in [-0.39, 0.29) is 25.6 Å². The molecule has 1 unspecified atom stereocenters. The molecule has 0 radical (unpaired) electrons. The summed E-state index contributed by atoms with van der Waals surface area (Å²) in [6, 6.07) is -0.384. The third kappa shape index (κ3) is 5.07. The van der Waals surface area contributed by atoms with Gasteiger partial charge >= 0.3 is 6.18 Å². The molecule has 1 aliphatic heterocycles. The Kier molecular flexibility index (Phi) is 4.12. The van der Waals surface area contributed by atoms with E-state index in [1.165, 1.54) is 7.05 Å². The number of nitrogens with zero attached hydrogens (tertiary/aromatic N) is 1. The molecule has 16 heavy (non-hydrogen) atoms. The number of hydrogen-bond donors (Lipinski definition) is 1. The van der Waals surface area contributed by atoms with Crippen molar-refractivity contribution in [1.29, 1.82) is 0 Å². The molecular weight excluding hydrogens is 231 g/mol. The average Bonchev–Trinajstić information content (AvgIpc) is 2.39. The first kappa shape index (κ1) is 13.6. The Morgan fingerprint density at radius 3 is 2.44 bits per heavy atom. The molecule has 7 heteroatoms. The lowest BCUT2D eigenvalue weighted by molar-refractivity contribution is -0.143. The fraction of sp³-hybridized carbons (Fsp3) is 1.00. The number of hydrogen-bond acceptors (Lipinski definition) is 2. The number of rotatable bonds is 4. The molecule has 0 aromatic carbocycles. The van der Waals surface area contributed by atoms with E-state index >= 15 is 0 Å². The summed E-state index contributed by atoms with van der Waals surface area (Å²) in [4.78, 5) is 1.10. The lowest BCUT2D eigenvalue weighted by atomic mass is 10.1. The Morgan fingerprint density at radius 2 is 2.00 bits per heavy atom. The van der Waals surface area contributed by atoms with Gasteiger partial charge in [0.25, 0.3) is 5.92 Å². The van der Waals surface area contributed by atoms with Crippen LogP contribution in [0.1, 0.15) is 12.8 Å². The maximum absolute atomic E-state index is 12.7. The predicted octanol–water partition coefficient (Wildman–Crippen LogP) is 1.87. The molecule has 2 nitrogen and oxygen atoms in total. The van der Waals surface area contributed by atoms with E-state index in [1.807, 2.05) is 0 Å². The fourth-order valence-corrected chi connectivity index (χ4v) is 1.76. The Hall–Kier alpha value is -0.430. The van der Waals surface area contributed by atoms with Gasteiger partial charge in [0.1, 0.15) is 0 Å². The van der Waals surface area contributed by atoms with E-state index < -0.39 is 18.6 Å². The zero-order valence-corrected chi connectivity index (χ0v) is 8.95. The Bertz CT molecular complexity index is 228. The fourth-order valence-electron chi connectivity index (χ4n) is 1.76. The molecule has 0 aromatic heterocycles. The highest BCUT2D eigenvalue weighted by Gasteiger charge is 2.39. The minimum atomic E-state index is -4.23. The van der Waals surface area contributed by atoms with Crippen LogP contribution in [-0.4, -0.2) is 49.7 Å². The van der Waals surface area contributed by atoms with Crippen molar-refractivity contribution in [3.05, 3.63) is 0 Å². The zero-order valence-electron chi connectivity index (χ0n) is 8.95. The van der Waals surface area contributed by atoms with Crippen molar-refractivity contribution in [2.75, 3.05) is 26.7 Å². The van der Waals surface area contributed by atoms with Crippen molar-refractivity contribution in [1.82, 2.24) is 10.2 Å². The van der Waals surface area contributed by atoms with Crippen LogP contribution in [0.3, 0.4) is 0 Å². The molecule has 0 amide bonds. The maximum atomic E-state index is 12.7. The van der Waals surface area contributed by atoms with Crippen molar-refractivity contribution in [2.24, 2.45) is 0 Å². The zero-order chi connectivity index (χ0) is 12.4. The van der Waals surface area contributed by atoms with E-state index in [0.29, 0.717) is 6.42 Å². The first-order chi connectivity index (χ1) is 7.18. The highest BCUT2D eigenvalue weighted by molar-refractivity contribution is 4.87. The molecule has 1 heterocycles. The van der Waals surface area contributed by atoms with Gasteiger partial charge in [0, 0.05) is 12.5 Å². The number of halogens is 5. The van der Waals surface area contributed by atoms with Crippen LogP contribution in [0.15, 0.2) is 0 Å². The molecule has 1 aliphatic rings. The minimum Gasteiger partial charge on any atom is -0.308 e. The smallest absolute Gasteiger partial charge is 0.308 e. The van der Waals surface area contributed by atoms with Crippen LogP contribution in [-0.2, 0) is 0 Å². The maximum Gasteiger partial charge on any atom is 0.401 e. The van der Waals surface area contributed by atoms with Crippen LogP contribution in [0.5, 0.6) is 0 Å². The summed E-state index contributed by atoms with van der Waals surface area (Å²) in [6.45, 7) is -1.22. The molecule has 1 rings (SSSR count). The van der Waals surface area contributed by atoms with Crippen LogP contribution < -0.4 is 5.32 Å². The Labute approximate surface area is 90.8 Å². The SMILES string of the molecule is CN(CCC1CC(F)(F)CN1)CC(F)(F)F.